The van der Waals surface area contributed by atoms with Gasteiger partial charge in [-0.2, -0.15) is 0 Å². The SMILES string of the molecule is CCC(=O)SC1CCCCC1Sc1ccc(Cl)c(Cl)c1. The topological polar surface area (TPSA) is 17.1 Å². The molecular weight excluding hydrogens is 331 g/mol. The molecule has 5 heteroatoms. The second-order valence-corrected chi connectivity index (χ2v) is 8.32. The lowest BCUT2D eigenvalue weighted by molar-refractivity contribution is -0.110. The van der Waals surface area contributed by atoms with Gasteiger partial charge in [-0.15, -0.1) is 11.8 Å². The van der Waals surface area contributed by atoms with Crippen molar-refractivity contribution in [2.45, 2.75) is 54.4 Å². The molecule has 1 saturated carbocycles. The van der Waals surface area contributed by atoms with E-state index in [1.54, 1.807) is 0 Å². The van der Waals surface area contributed by atoms with Crippen molar-refractivity contribution < 1.29 is 4.79 Å². The third-order valence-electron chi connectivity index (χ3n) is 3.39. The maximum Gasteiger partial charge on any atom is 0.188 e. The van der Waals surface area contributed by atoms with E-state index in [1.807, 2.05) is 36.9 Å². The van der Waals surface area contributed by atoms with Crippen LogP contribution in [-0.4, -0.2) is 15.6 Å². The number of carbonyl (C=O) groups excluding carboxylic acids is 1. The van der Waals surface area contributed by atoms with E-state index in [9.17, 15) is 4.79 Å². The van der Waals surface area contributed by atoms with Crippen LogP contribution >= 0.6 is 46.7 Å². The first kappa shape index (κ1) is 16.5. The van der Waals surface area contributed by atoms with Crippen LogP contribution in [-0.2, 0) is 4.79 Å². The van der Waals surface area contributed by atoms with Crippen LogP contribution in [0.3, 0.4) is 0 Å². The van der Waals surface area contributed by atoms with Crippen molar-refractivity contribution in [2.75, 3.05) is 0 Å². The summed E-state index contributed by atoms with van der Waals surface area (Å²) in [5.41, 5.74) is 0. The summed E-state index contributed by atoms with van der Waals surface area (Å²) >= 11 is 15.4. The lowest BCUT2D eigenvalue weighted by atomic mass is 10.00. The average Bonchev–Trinajstić information content (AvgIpc) is 2.45. The molecular formula is C15H18Cl2OS2. The van der Waals surface area contributed by atoms with Crippen LogP contribution in [0.15, 0.2) is 23.1 Å². The van der Waals surface area contributed by atoms with Crippen molar-refractivity contribution in [2.24, 2.45) is 0 Å². The largest absolute Gasteiger partial charge is 0.287 e. The first-order valence-corrected chi connectivity index (χ1v) is 9.43. The molecule has 0 amide bonds. The van der Waals surface area contributed by atoms with Crippen molar-refractivity contribution in [3.05, 3.63) is 28.2 Å². The summed E-state index contributed by atoms with van der Waals surface area (Å²) < 4.78 is 0. The van der Waals surface area contributed by atoms with Crippen molar-refractivity contribution in [1.29, 1.82) is 0 Å². The Labute approximate surface area is 139 Å². The van der Waals surface area contributed by atoms with Crippen molar-refractivity contribution in [3.8, 4) is 0 Å². The summed E-state index contributed by atoms with van der Waals surface area (Å²) in [5, 5.41) is 2.40. The summed E-state index contributed by atoms with van der Waals surface area (Å²) in [4.78, 5) is 12.8. The number of thioether (sulfide) groups is 2. The lowest BCUT2D eigenvalue weighted by Gasteiger charge is -2.30. The fourth-order valence-corrected chi connectivity index (χ4v) is 5.34. The molecule has 1 fully saturated rings. The van der Waals surface area contributed by atoms with Crippen molar-refractivity contribution >= 4 is 51.8 Å². The third kappa shape index (κ3) is 4.59. The van der Waals surface area contributed by atoms with Gasteiger partial charge >= 0.3 is 0 Å². The van der Waals surface area contributed by atoms with Crippen LogP contribution in [0.4, 0.5) is 0 Å². The maximum absolute atomic E-state index is 11.7. The van der Waals surface area contributed by atoms with Gasteiger partial charge in [0.1, 0.15) is 0 Å². The first-order chi connectivity index (χ1) is 9.60. The van der Waals surface area contributed by atoms with Gasteiger partial charge in [0.25, 0.3) is 0 Å². The predicted octanol–water partition coefficient (Wildman–Crippen LogP) is 6.07. The van der Waals surface area contributed by atoms with Gasteiger partial charge in [-0.05, 0) is 31.0 Å². The van der Waals surface area contributed by atoms with Crippen LogP contribution in [0, 0.1) is 0 Å². The summed E-state index contributed by atoms with van der Waals surface area (Å²) in [5.74, 6) is 0. The molecule has 2 unspecified atom stereocenters. The molecule has 2 rings (SSSR count). The molecule has 1 nitrogen and oxygen atoms in total. The molecule has 0 bridgehead atoms. The minimum atomic E-state index is 0.302. The van der Waals surface area contributed by atoms with E-state index in [2.05, 4.69) is 0 Å². The number of hydrogen-bond donors (Lipinski definition) is 0. The van der Waals surface area contributed by atoms with E-state index >= 15 is 0 Å². The molecule has 1 aliphatic rings. The summed E-state index contributed by atoms with van der Waals surface area (Å²) in [6.45, 7) is 1.93. The second-order valence-electron chi connectivity index (χ2n) is 4.90. The van der Waals surface area contributed by atoms with E-state index in [0.29, 0.717) is 32.1 Å². The number of hydrogen-bond acceptors (Lipinski definition) is 3. The van der Waals surface area contributed by atoms with E-state index in [4.69, 9.17) is 23.2 Å². The van der Waals surface area contributed by atoms with Crippen LogP contribution in [0.1, 0.15) is 39.0 Å². The Morgan fingerprint density at radius 3 is 2.55 bits per heavy atom. The Morgan fingerprint density at radius 2 is 1.90 bits per heavy atom. The van der Waals surface area contributed by atoms with E-state index in [0.717, 1.165) is 11.3 Å². The van der Waals surface area contributed by atoms with Gasteiger partial charge in [0.05, 0.1) is 10.0 Å². The van der Waals surface area contributed by atoms with E-state index in [-0.39, 0.29) is 0 Å². The number of carbonyl (C=O) groups is 1. The van der Waals surface area contributed by atoms with E-state index < -0.39 is 0 Å². The Kier molecular flexibility index (Phi) is 6.60. The standard InChI is InChI=1S/C15H18Cl2OS2/c1-2-15(18)20-14-6-4-3-5-13(14)19-10-7-8-11(16)12(17)9-10/h7-9,13-14H,2-6H2,1H3. The Bertz CT molecular complexity index is 479. The highest BCUT2D eigenvalue weighted by Crippen LogP contribution is 2.41. The Balaban J connectivity index is 2.04. The predicted molar refractivity (Wildman–Crippen MR) is 91.3 cm³/mol. The molecule has 0 heterocycles. The Morgan fingerprint density at radius 1 is 1.20 bits per heavy atom. The molecule has 0 N–H and O–H groups in total. The third-order valence-corrected chi connectivity index (χ3v) is 7.11. The van der Waals surface area contributed by atoms with Gasteiger partial charge in [0.2, 0.25) is 0 Å². The van der Waals surface area contributed by atoms with Gasteiger partial charge in [0, 0.05) is 21.8 Å². The lowest BCUT2D eigenvalue weighted by Crippen LogP contribution is -2.25. The van der Waals surface area contributed by atoms with Gasteiger partial charge < -0.3 is 0 Å². The average molecular weight is 349 g/mol. The van der Waals surface area contributed by atoms with Gasteiger partial charge in [-0.1, -0.05) is 54.7 Å². The molecule has 2 atom stereocenters. The van der Waals surface area contributed by atoms with Gasteiger partial charge in [0.15, 0.2) is 5.12 Å². The Hall–Kier alpha value is 0.170. The summed E-state index contributed by atoms with van der Waals surface area (Å²) in [6.07, 6.45) is 5.39. The highest BCUT2D eigenvalue weighted by atomic mass is 35.5. The van der Waals surface area contributed by atoms with E-state index in [1.165, 1.54) is 31.0 Å². The summed E-state index contributed by atoms with van der Waals surface area (Å²) in [6, 6.07) is 5.78. The van der Waals surface area contributed by atoms with Crippen LogP contribution in [0.25, 0.3) is 0 Å². The molecule has 20 heavy (non-hydrogen) atoms. The number of halogens is 2. The van der Waals surface area contributed by atoms with Gasteiger partial charge in [-0.3, -0.25) is 4.79 Å². The summed E-state index contributed by atoms with van der Waals surface area (Å²) in [7, 11) is 0. The fraction of sp³-hybridized carbons (Fsp3) is 0.533. The smallest absolute Gasteiger partial charge is 0.188 e. The molecule has 0 radical (unpaired) electrons. The molecule has 1 aromatic carbocycles. The molecule has 110 valence electrons. The monoisotopic (exact) mass is 348 g/mol. The van der Waals surface area contributed by atoms with Crippen LogP contribution in [0.2, 0.25) is 10.0 Å². The zero-order valence-corrected chi connectivity index (χ0v) is 14.5. The quantitative estimate of drug-likeness (QED) is 0.657. The maximum atomic E-state index is 11.7. The van der Waals surface area contributed by atoms with Gasteiger partial charge in [-0.25, -0.2) is 0 Å². The number of rotatable bonds is 4. The first-order valence-electron chi connectivity index (χ1n) is 6.91. The zero-order valence-electron chi connectivity index (χ0n) is 11.4. The van der Waals surface area contributed by atoms with Crippen molar-refractivity contribution in [1.82, 2.24) is 0 Å². The minimum absolute atomic E-state index is 0.302. The molecule has 0 aromatic heterocycles. The fourth-order valence-electron chi connectivity index (χ4n) is 2.31. The van der Waals surface area contributed by atoms with Crippen LogP contribution in [0.5, 0.6) is 0 Å². The molecule has 0 saturated heterocycles. The molecule has 1 aliphatic carbocycles. The minimum Gasteiger partial charge on any atom is -0.287 e. The molecule has 0 aliphatic heterocycles. The molecule has 0 spiro atoms. The zero-order chi connectivity index (χ0) is 14.5. The highest BCUT2D eigenvalue weighted by molar-refractivity contribution is 8.15. The second kappa shape index (κ2) is 7.98. The van der Waals surface area contributed by atoms with Crippen LogP contribution < -0.4 is 0 Å². The molecule has 1 aromatic rings. The highest BCUT2D eigenvalue weighted by Gasteiger charge is 2.28. The number of benzene rings is 1. The normalized spacial score (nSPS) is 22.8. The van der Waals surface area contributed by atoms with Crippen molar-refractivity contribution in [3.63, 3.8) is 0 Å².